The van der Waals surface area contributed by atoms with Crippen molar-refractivity contribution in [1.82, 2.24) is 9.80 Å². The summed E-state index contributed by atoms with van der Waals surface area (Å²) < 4.78 is 7.02. The van der Waals surface area contributed by atoms with Gasteiger partial charge in [-0.15, -0.1) is 0 Å². The summed E-state index contributed by atoms with van der Waals surface area (Å²) in [6.07, 6.45) is 7.31. The van der Waals surface area contributed by atoms with Gasteiger partial charge in [0.1, 0.15) is 0 Å². The molecule has 4 nitrogen and oxygen atoms in total. The van der Waals surface area contributed by atoms with Crippen molar-refractivity contribution in [2.75, 3.05) is 26.2 Å². The van der Waals surface area contributed by atoms with E-state index in [-0.39, 0.29) is 0 Å². The zero-order chi connectivity index (χ0) is 15.2. The summed E-state index contributed by atoms with van der Waals surface area (Å²) in [5.74, 6) is 0.708. The van der Waals surface area contributed by atoms with Gasteiger partial charge in [-0.2, -0.15) is 0 Å². The Balaban J connectivity index is 1.77. The molecule has 1 atom stereocenters. The molecular formula is C16H28N2O2W. The van der Waals surface area contributed by atoms with Crippen molar-refractivity contribution in [1.29, 1.82) is 0 Å². The van der Waals surface area contributed by atoms with Crippen LogP contribution in [0.3, 0.4) is 0 Å². The van der Waals surface area contributed by atoms with Crippen LogP contribution in [0.4, 0.5) is 0 Å². The zero-order valence-corrected chi connectivity index (χ0v) is 16.3. The summed E-state index contributed by atoms with van der Waals surface area (Å²) in [5, 5.41) is 0. The van der Waals surface area contributed by atoms with Crippen molar-refractivity contribution >= 4 is 10.1 Å². The molecule has 0 aromatic carbocycles. The van der Waals surface area contributed by atoms with Gasteiger partial charge in [0.15, 0.2) is 0 Å². The Morgan fingerprint density at radius 1 is 1.14 bits per heavy atom. The summed E-state index contributed by atoms with van der Waals surface area (Å²) in [7, 11) is 0. The van der Waals surface area contributed by atoms with E-state index in [1.165, 1.54) is 38.6 Å². The molecule has 1 unspecified atom stereocenters. The van der Waals surface area contributed by atoms with E-state index in [4.69, 9.17) is 4.74 Å². The molecule has 1 aliphatic carbocycles. The van der Waals surface area contributed by atoms with E-state index in [0.29, 0.717) is 17.9 Å². The third-order valence-corrected chi connectivity index (χ3v) is 5.95. The molecule has 0 aromatic heterocycles. The van der Waals surface area contributed by atoms with Crippen LogP contribution in [-0.4, -0.2) is 52.2 Å². The number of nitrogens with zero attached hydrogens (tertiary/aromatic N) is 2. The summed E-state index contributed by atoms with van der Waals surface area (Å²) >= 11 is 1.39. The third kappa shape index (κ3) is 4.97. The van der Waals surface area contributed by atoms with Gasteiger partial charge < -0.3 is 0 Å². The van der Waals surface area contributed by atoms with Crippen molar-refractivity contribution in [3.63, 3.8) is 0 Å². The zero-order valence-electron chi connectivity index (χ0n) is 13.3. The van der Waals surface area contributed by atoms with Gasteiger partial charge in [0, 0.05) is 0 Å². The molecule has 2 rings (SSSR count). The Hall–Kier alpha value is -0.0517. The van der Waals surface area contributed by atoms with Crippen LogP contribution in [-0.2, 0) is 28.9 Å². The van der Waals surface area contributed by atoms with E-state index in [1.807, 2.05) is 0 Å². The minimum absolute atomic E-state index is 0.291. The van der Waals surface area contributed by atoms with Gasteiger partial charge in [-0.1, -0.05) is 0 Å². The van der Waals surface area contributed by atoms with Crippen LogP contribution < -0.4 is 0 Å². The fraction of sp³-hybridized carbons (Fsp3) is 0.875. The van der Waals surface area contributed by atoms with Gasteiger partial charge in [-0.25, -0.2) is 0 Å². The molecule has 2 fully saturated rings. The first kappa shape index (κ1) is 17.3. The molecule has 0 N–H and O–H groups in total. The monoisotopic (exact) mass is 464 g/mol. The molecule has 1 aliphatic heterocycles. The van der Waals surface area contributed by atoms with E-state index >= 15 is 0 Å². The van der Waals surface area contributed by atoms with Gasteiger partial charge in [-0.05, 0) is 0 Å². The normalized spacial score (nSPS) is 23.0. The maximum absolute atomic E-state index is 12.5. The summed E-state index contributed by atoms with van der Waals surface area (Å²) in [6.45, 7) is 7.83. The number of ether oxygens (including phenoxy) is 1. The Bertz CT molecular complexity index is 361. The Kier molecular flexibility index (Phi) is 7.04. The van der Waals surface area contributed by atoms with Crippen molar-refractivity contribution in [2.45, 2.75) is 58.5 Å². The topological polar surface area (TPSA) is 32.8 Å². The summed E-state index contributed by atoms with van der Waals surface area (Å²) in [6, 6.07) is 0. The quantitative estimate of drug-likeness (QED) is 0.626. The van der Waals surface area contributed by atoms with Crippen LogP contribution in [0.15, 0.2) is 0 Å². The molecule has 0 spiro atoms. The van der Waals surface area contributed by atoms with Crippen LogP contribution >= 0.6 is 0 Å². The molecule has 1 saturated heterocycles. The average molecular weight is 464 g/mol. The van der Waals surface area contributed by atoms with E-state index in [1.54, 1.807) is 0 Å². The van der Waals surface area contributed by atoms with Gasteiger partial charge in [0.25, 0.3) is 0 Å². The second kappa shape index (κ2) is 8.55. The van der Waals surface area contributed by atoms with Crippen LogP contribution in [0, 0.1) is 5.92 Å². The number of carbonyl (C=O) groups is 1. The van der Waals surface area contributed by atoms with Crippen molar-refractivity contribution < 1.29 is 28.9 Å². The van der Waals surface area contributed by atoms with E-state index < -0.39 is 0 Å². The molecule has 120 valence electrons. The average Bonchev–Trinajstić information content (AvgIpc) is 2.55. The van der Waals surface area contributed by atoms with Crippen molar-refractivity contribution in [2.24, 2.45) is 5.92 Å². The number of hydrogen-bond acceptors (Lipinski definition) is 3. The van der Waals surface area contributed by atoms with Crippen LogP contribution in [0.25, 0.3) is 0 Å². The number of carbonyl (C=O) groups excluding carboxylic acids is 1. The summed E-state index contributed by atoms with van der Waals surface area (Å²) in [5.41, 5.74) is 0. The molecule has 0 radical (unpaired) electrons. The second-order valence-electron chi connectivity index (χ2n) is 6.25. The SMILES string of the molecule is CCC(C)O[C](=[W])N1CCN(C(=O)C2CCCCC2)CC1. The van der Waals surface area contributed by atoms with Crippen molar-refractivity contribution in [3.8, 4) is 0 Å². The second-order valence-corrected chi connectivity index (χ2v) is 7.50. The Morgan fingerprint density at radius 2 is 1.71 bits per heavy atom. The van der Waals surface area contributed by atoms with E-state index in [9.17, 15) is 4.79 Å². The number of piperazine rings is 1. The van der Waals surface area contributed by atoms with Crippen LogP contribution in [0.2, 0.25) is 0 Å². The standard InChI is InChI=1S/C16H28N2O2.W/c1-3-14(2)20-13-17-9-11-18(12-10-17)16(19)15-7-5-4-6-8-15;/h14-15H,3-12H2,1-2H3;. The fourth-order valence-corrected chi connectivity index (χ4v) is 4.29. The van der Waals surface area contributed by atoms with Crippen LogP contribution in [0.5, 0.6) is 0 Å². The van der Waals surface area contributed by atoms with Gasteiger partial charge in [0.2, 0.25) is 0 Å². The maximum atomic E-state index is 12.5. The number of rotatable bonds is 5. The molecule has 0 aromatic rings. The first-order valence-corrected chi connectivity index (χ1v) is 9.82. The van der Waals surface area contributed by atoms with E-state index in [2.05, 4.69) is 23.6 Å². The first-order valence-electron chi connectivity index (χ1n) is 8.36. The molecule has 2 aliphatic rings. The molecule has 5 heteroatoms. The molecule has 21 heavy (non-hydrogen) atoms. The van der Waals surface area contributed by atoms with Gasteiger partial charge >= 0.3 is 139 Å². The third-order valence-electron chi connectivity index (χ3n) is 4.68. The predicted octanol–water partition coefficient (Wildman–Crippen LogP) is 2.16. The molecule has 1 saturated carbocycles. The van der Waals surface area contributed by atoms with E-state index in [0.717, 1.165) is 49.6 Å². The molecular weight excluding hydrogens is 436 g/mol. The molecule has 1 heterocycles. The number of amides is 1. The Morgan fingerprint density at radius 3 is 2.29 bits per heavy atom. The Labute approximate surface area is 139 Å². The fourth-order valence-electron chi connectivity index (χ4n) is 3.05. The molecule has 1 amide bonds. The van der Waals surface area contributed by atoms with Gasteiger partial charge in [-0.3, -0.25) is 0 Å². The first-order chi connectivity index (χ1) is 10.1. The van der Waals surface area contributed by atoms with Crippen molar-refractivity contribution in [3.05, 3.63) is 0 Å². The predicted molar refractivity (Wildman–Crippen MR) is 80.6 cm³/mol. The van der Waals surface area contributed by atoms with Crippen LogP contribution in [0.1, 0.15) is 52.4 Å². The number of hydrogen-bond donors (Lipinski definition) is 0. The minimum atomic E-state index is 0.291. The van der Waals surface area contributed by atoms with Gasteiger partial charge in [0.05, 0.1) is 0 Å². The molecule has 0 bridgehead atoms. The summed E-state index contributed by atoms with van der Waals surface area (Å²) in [4.78, 5) is 16.9.